The Balaban J connectivity index is 0.832. The lowest BCUT2D eigenvalue weighted by atomic mass is 9.87. The largest absolute Gasteiger partial charge is 0.492 e. The number of halogens is 3. The summed E-state index contributed by atoms with van der Waals surface area (Å²) in [5, 5.41) is 4.32. The summed E-state index contributed by atoms with van der Waals surface area (Å²) in [6.45, 7) is 7.83. The van der Waals surface area contributed by atoms with Gasteiger partial charge in [-0.05, 0) is 88.7 Å². The minimum absolute atomic E-state index is 0.0118. The van der Waals surface area contributed by atoms with Crippen LogP contribution in [0.4, 0.5) is 13.2 Å². The van der Waals surface area contributed by atoms with Gasteiger partial charge in [-0.2, -0.15) is 0 Å². The van der Waals surface area contributed by atoms with Gasteiger partial charge in [0.1, 0.15) is 41.4 Å². The van der Waals surface area contributed by atoms with E-state index in [0.29, 0.717) is 43.2 Å². The predicted octanol–water partition coefficient (Wildman–Crippen LogP) is 7.03. The number of carbonyl (C=O) groups excluding carboxylic acids is 3. The van der Waals surface area contributed by atoms with Crippen LogP contribution in [0.2, 0.25) is 0 Å². The molecule has 5 aromatic rings. The molecule has 0 radical (unpaired) electrons. The number of nitrogens with zero attached hydrogens (tertiary/aromatic N) is 3. The number of alkyl halides is 1. The maximum Gasteiger partial charge on any atom is 0.271 e. The Kier molecular flexibility index (Phi) is 9.43. The molecule has 0 saturated carbocycles. The third kappa shape index (κ3) is 6.88. The first-order valence-electron chi connectivity index (χ1n) is 20.0. The average molecular weight is 781 g/mol. The van der Waals surface area contributed by atoms with Gasteiger partial charge >= 0.3 is 0 Å². The zero-order chi connectivity index (χ0) is 39.7. The molecule has 13 heteroatoms. The van der Waals surface area contributed by atoms with Gasteiger partial charge in [0.2, 0.25) is 11.8 Å². The van der Waals surface area contributed by atoms with Crippen molar-refractivity contribution in [1.29, 1.82) is 0 Å². The van der Waals surface area contributed by atoms with Crippen LogP contribution in [0.1, 0.15) is 96.9 Å². The Hall–Kier alpha value is -5.14. The number of amides is 3. The van der Waals surface area contributed by atoms with Crippen molar-refractivity contribution in [2.45, 2.75) is 89.1 Å². The number of H-pyrrole nitrogens is 2. The first kappa shape index (κ1) is 37.4. The fraction of sp³-hybridized carbons (Fsp3) is 0.432. The normalized spacial score (nSPS) is 22.4. The number of aromatic nitrogens is 2. The van der Waals surface area contributed by atoms with Gasteiger partial charge < -0.3 is 19.6 Å². The molecule has 0 aliphatic carbocycles. The van der Waals surface area contributed by atoms with Gasteiger partial charge in [0, 0.05) is 82.9 Å². The van der Waals surface area contributed by atoms with Crippen LogP contribution in [-0.4, -0.2) is 92.9 Å². The third-order valence-corrected chi connectivity index (χ3v) is 12.5. The first-order valence-corrected chi connectivity index (χ1v) is 20.0. The Morgan fingerprint density at radius 2 is 1.63 bits per heavy atom. The molecule has 1 unspecified atom stereocenters. The van der Waals surface area contributed by atoms with Crippen LogP contribution in [0.15, 0.2) is 54.6 Å². The molecule has 4 aliphatic rings. The van der Waals surface area contributed by atoms with Crippen molar-refractivity contribution in [2.75, 3.05) is 32.8 Å². The maximum absolute atomic E-state index is 16.1. The van der Waals surface area contributed by atoms with E-state index in [4.69, 9.17) is 4.74 Å². The Morgan fingerprint density at radius 3 is 2.37 bits per heavy atom. The molecular formula is C44H47F3N6O4. The summed E-state index contributed by atoms with van der Waals surface area (Å²) in [6, 6.07) is 15.0. The second-order valence-corrected chi connectivity index (χ2v) is 16.9. The minimum atomic E-state index is -1.58. The molecule has 2 aromatic heterocycles. The van der Waals surface area contributed by atoms with Crippen molar-refractivity contribution in [2.24, 2.45) is 0 Å². The molecule has 3 amide bonds. The fourth-order valence-electron chi connectivity index (χ4n) is 9.68. The minimum Gasteiger partial charge on any atom is -0.492 e. The van der Waals surface area contributed by atoms with Crippen molar-refractivity contribution < 1.29 is 32.3 Å². The quantitative estimate of drug-likeness (QED) is 0.139. The zero-order valence-electron chi connectivity index (χ0n) is 32.4. The number of fused-ring (bicyclic) bond motifs is 6. The highest BCUT2D eigenvalue weighted by atomic mass is 19.1. The molecule has 2 saturated heterocycles. The number of aromatic amines is 2. The van der Waals surface area contributed by atoms with Crippen LogP contribution in [0.25, 0.3) is 21.8 Å². The summed E-state index contributed by atoms with van der Waals surface area (Å²) in [7, 11) is 0. The standard InChI is InChI=1S/C44H47F3N6O4/c1-24-18-30-28-6-4-5-7-34(28)48-39(30)41(53(24)23-44(2,3)47)38-32(45)20-27(21-33(38)46)57-17-16-51-14-12-25(13-15-51)26-8-9-29-31-22-52(36-10-11-37(54)50-42(36)55)43(56)40(31)49-35(29)19-26/h4-9,19-21,24-25,36,41,48-49H,10-18,22-23H2,1-3H3,(H,50,54,55)/t24-,36?,41-/m1/s1. The topological polar surface area (TPSA) is 114 Å². The molecule has 57 heavy (non-hydrogen) atoms. The smallest absolute Gasteiger partial charge is 0.271 e. The molecule has 3 atom stereocenters. The van der Waals surface area contributed by atoms with E-state index in [9.17, 15) is 14.4 Å². The lowest BCUT2D eigenvalue weighted by molar-refractivity contribution is -0.136. The molecule has 3 aromatic carbocycles. The van der Waals surface area contributed by atoms with Gasteiger partial charge in [0.25, 0.3) is 5.91 Å². The van der Waals surface area contributed by atoms with Gasteiger partial charge in [0.05, 0.1) is 6.04 Å². The highest BCUT2D eigenvalue weighted by Gasteiger charge is 2.42. The number of likely N-dealkylation sites (tertiary alicyclic amines) is 1. The van der Waals surface area contributed by atoms with Crippen molar-refractivity contribution >= 4 is 39.5 Å². The number of hydrogen-bond acceptors (Lipinski definition) is 6. The Morgan fingerprint density at radius 1 is 0.895 bits per heavy atom. The number of piperidine rings is 2. The number of nitrogens with one attached hydrogen (secondary N) is 3. The van der Waals surface area contributed by atoms with E-state index in [-0.39, 0.29) is 48.7 Å². The number of imide groups is 1. The second kappa shape index (κ2) is 14.4. The third-order valence-electron chi connectivity index (χ3n) is 12.5. The summed E-state index contributed by atoms with van der Waals surface area (Å²) in [4.78, 5) is 49.8. The van der Waals surface area contributed by atoms with Crippen LogP contribution in [0.3, 0.4) is 0 Å². The Labute approximate surface area is 328 Å². The fourth-order valence-corrected chi connectivity index (χ4v) is 9.68. The van der Waals surface area contributed by atoms with Gasteiger partial charge in [-0.25, -0.2) is 13.2 Å². The van der Waals surface area contributed by atoms with Crippen LogP contribution < -0.4 is 10.1 Å². The molecular weight excluding hydrogens is 734 g/mol. The van der Waals surface area contributed by atoms with Crippen molar-refractivity contribution in [3.05, 3.63) is 99.9 Å². The molecule has 4 aliphatic heterocycles. The van der Waals surface area contributed by atoms with Crippen molar-refractivity contribution in [1.82, 2.24) is 30.0 Å². The number of ether oxygens (including phenoxy) is 1. The number of hydrogen-bond donors (Lipinski definition) is 3. The van der Waals surface area contributed by atoms with E-state index >= 15 is 13.2 Å². The van der Waals surface area contributed by atoms with E-state index in [1.807, 2.05) is 36.1 Å². The van der Waals surface area contributed by atoms with Crippen LogP contribution in [0, 0.1) is 11.6 Å². The maximum atomic E-state index is 16.1. The number of benzene rings is 3. The second-order valence-electron chi connectivity index (χ2n) is 16.9. The molecule has 10 nitrogen and oxygen atoms in total. The SMILES string of the molecule is C[C@@H]1Cc2c([nH]c3ccccc23)[C@@H](c2c(F)cc(OCCN3CCC(c4ccc5c6c([nH]c5c4)C(=O)N(C4CCC(=O)NC4=O)C6)CC3)cc2F)N1CC(C)(C)F. The van der Waals surface area contributed by atoms with Crippen molar-refractivity contribution in [3.63, 3.8) is 0 Å². The van der Waals surface area contributed by atoms with Gasteiger partial charge in [-0.15, -0.1) is 0 Å². The van der Waals surface area contributed by atoms with Crippen molar-refractivity contribution in [3.8, 4) is 5.75 Å². The Bertz CT molecular complexity index is 2390. The summed E-state index contributed by atoms with van der Waals surface area (Å²) in [5.74, 6) is -1.95. The number of para-hydroxylation sites is 1. The molecule has 0 bridgehead atoms. The van der Waals surface area contributed by atoms with Gasteiger partial charge in [-0.1, -0.05) is 30.3 Å². The summed E-state index contributed by atoms with van der Waals surface area (Å²) in [6.07, 6.45) is 3.02. The van der Waals surface area contributed by atoms with Gasteiger partial charge in [-0.3, -0.25) is 29.5 Å². The van der Waals surface area contributed by atoms with Crippen LogP contribution >= 0.6 is 0 Å². The van der Waals surface area contributed by atoms with Gasteiger partial charge in [0.15, 0.2) is 0 Å². The average Bonchev–Trinajstić information content (AvgIpc) is 3.82. The van der Waals surface area contributed by atoms with E-state index in [0.717, 1.165) is 58.9 Å². The molecule has 6 heterocycles. The molecule has 3 N–H and O–H groups in total. The molecule has 0 spiro atoms. The lowest BCUT2D eigenvalue weighted by Gasteiger charge is -2.43. The van der Waals surface area contributed by atoms with E-state index in [2.05, 4.69) is 38.4 Å². The summed E-state index contributed by atoms with van der Waals surface area (Å²) in [5.41, 5.74) is 4.36. The predicted molar refractivity (Wildman–Crippen MR) is 210 cm³/mol. The van der Waals surface area contributed by atoms with E-state index in [1.165, 1.54) is 31.5 Å². The van der Waals surface area contributed by atoms with E-state index < -0.39 is 35.3 Å². The molecule has 298 valence electrons. The highest BCUT2D eigenvalue weighted by Crippen LogP contribution is 2.44. The molecule has 2 fully saturated rings. The first-order chi connectivity index (χ1) is 27.3. The highest BCUT2D eigenvalue weighted by molar-refractivity contribution is 6.08. The lowest BCUT2D eigenvalue weighted by Crippen LogP contribution is -2.52. The summed E-state index contributed by atoms with van der Waals surface area (Å²) >= 11 is 0. The van der Waals surface area contributed by atoms with E-state index in [1.54, 1.807) is 4.90 Å². The number of carbonyl (C=O) groups is 3. The number of rotatable bonds is 9. The summed E-state index contributed by atoms with van der Waals surface area (Å²) < 4.78 is 53.4. The van der Waals surface area contributed by atoms with Crippen LogP contribution in [0.5, 0.6) is 5.75 Å². The monoisotopic (exact) mass is 780 g/mol. The molecule has 9 rings (SSSR count). The zero-order valence-corrected chi connectivity index (χ0v) is 32.4. The van der Waals surface area contributed by atoms with Crippen LogP contribution in [-0.2, 0) is 22.6 Å².